The Hall–Kier alpha value is -1.26. The number of para-hydroxylation sites is 2. The zero-order chi connectivity index (χ0) is 13.9. The summed E-state index contributed by atoms with van der Waals surface area (Å²) in [5.41, 5.74) is 8.00. The number of nitrogens with two attached hydrogens (primary N) is 1. The molecule has 0 aliphatic rings. The van der Waals surface area contributed by atoms with Crippen LogP contribution in [0.2, 0.25) is 0 Å². The van der Waals surface area contributed by atoms with E-state index in [1.54, 1.807) is 7.11 Å². The van der Waals surface area contributed by atoms with Gasteiger partial charge in [-0.25, -0.2) is 0 Å². The van der Waals surface area contributed by atoms with E-state index in [9.17, 15) is 0 Å². The van der Waals surface area contributed by atoms with Crippen LogP contribution < -0.4 is 10.6 Å². The van der Waals surface area contributed by atoms with Gasteiger partial charge in [0.05, 0.1) is 24.6 Å². The van der Waals surface area contributed by atoms with Crippen molar-refractivity contribution in [1.29, 1.82) is 0 Å². The molecule has 0 spiro atoms. The average Bonchev–Trinajstić information content (AvgIpc) is 2.42. The normalized spacial score (nSPS) is 10.6. The van der Waals surface area contributed by atoms with E-state index in [-0.39, 0.29) is 0 Å². The van der Waals surface area contributed by atoms with Gasteiger partial charge in [0.25, 0.3) is 0 Å². The van der Waals surface area contributed by atoms with Gasteiger partial charge >= 0.3 is 0 Å². The molecule has 1 aromatic carbocycles. The largest absolute Gasteiger partial charge is 0.397 e. The molecule has 0 atom stereocenters. The SMILES string of the molecule is CCCN(CCCOCCOC)c1ccccc1N. The summed E-state index contributed by atoms with van der Waals surface area (Å²) >= 11 is 0. The monoisotopic (exact) mass is 266 g/mol. The molecule has 0 unspecified atom stereocenters. The third-order valence-corrected chi connectivity index (χ3v) is 2.92. The summed E-state index contributed by atoms with van der Waals surface area (Å²) in [6, 6.07) is 8.03. The van der Waals surface area contributed by atoms with Gasteiger partial charge in [0.2, 0.25) is 0 Å². The van der Waals surface area contributed by atoms with Gasteiger partial charge in [0, 0.05) is 26.8 Å². The molecule has 0 amide bonds. The molecule has 1 aromatic rings. The maximum atomic E-state index is 6.03. The molecule has 0 saturated carbocycles. The average molecular weight is 266 g/mol. The van der Waals surface area contributed by atoms with Crippen molar-refractivity contribution in [3.63, 3.8) is 0 Å². The van der Waals surface area contributed by atoms with Gasteiger partial charge in [-0.2, -0.15) is 0 Å². The minimum absolute atomic E-state index is 0.657. The van der Waals surface area contributed by atoms with Gasteiger partial charge in [0.15, 0.2) is 0 Å². The molecule has 0 aliphatic carbocycles. The van der Waals surface area contributed by atoms with Gasteiger partial charge in [-0.3, -0.25) is 0 Å². The predicted molar refractivity (Wildman–Crippen MR) is 80.7 cm³/mol. The van der Waals surface area contributed by atoms with Crippen molar-refractivity contribution in [2.24, 2.45) is 0 Å². The Morgan fingerprint density at radius 3 is 2.58 bits per heavy atom. The third kappa shape index (κ3) is 5.94. The summed E-state index contributed by atoms with van der Waals surface area (Å²) in [7, 11) is 1.69. The Labute approximate surface area is 116 Å². The number of anilines is 2. The molecule has 0 heterocycles. The van der Waals surface area contributed by atoms with Crippen LogP contribution in [0, 0.1) is 0 Å². The molecule has 19 heavy (non-hydrogen) atoms. The smallest absolute Gasteiger partial charge is 0.0700 e. The van der Waals surface area contributed by atoms with Crippen LogP contribution in [0.1, 0.15) is 19.8 Å². The summed E-state index contributed by atoms with van der Waals surface area (Å²) in [5, 5.41) is 0. The minimum Gasteiger partial charge on any atom is -0.397 e. The highest BCUT2D eigenvalue weighted by Gasteiger charge is 2.07. The zero-order valence-corrected chi connectivity index (χ0v) is 12.1. The number of benzene rings is 1. The molecule has 0 bridgehead atoms. The van der Waals surface area contributed by atoms with E-state index in [0.717, 1.165) is 43.9 Å². The Morgan fingerprint density at radius 1 is 1.11 bits per heavy atom. The third-order valence-electron chi connectivity index (χ3n) is 2.92. The van der Waals surface area contributed by atoms with Crippen molar-refractivity contribution in [2.75, 3.05) is 50.7 Å². The highest BCUT2D eigenvalue weighted by Crippen LogP contribution is 2.22. The van der Waals surface area contributed by atoms with Crippen molar-refractivity contribution < 1.29 is 9.47 Å². The Kier molecular flexibility index (Phi) is 8.02. The first-order valence-corrected chi connectivity index (χ1v) is 6.95. The minimum atomic E-state index is 0.657. The summed E-state index contributed by atoms with van der Waals surface area (Å²) < 4.78 is 10.4. The van der Waals surface area contributed by atoms with Crippen molar-refractivity contribution in [1.82, 2.24) is 0 Å². The quantitative estimate of drug-likeness (QED) is 0.522. The number of hydrogen-bond acceptors (Lipinski definition) is 4. The fourth-order valence-corrected chi connectivity index (χ4v) is 2.00. The van der Waals surface area contributed by atoms with Crippen LogP contribution in [0.3, 0.4) is 0 Å². The molecule has 4 nitrogen and oxygen atoms in total. The Morgan fingerprint density at radius 2 is 1.89 bits per heavy atom. The van der Waals surface area contributed by atoms with Crippen LogP contribution in [0.4, 0.5) is 11.4 Å². The second-order valence-corrected chi connectivity index (χ2v) is 4.50. The Bertz CT molecular complexity index is 345. The molecule has 1 rings (SSSR count). The molecule has 0 radical (unpaired) electrons. The lowest BCUT2D eigenvalue weighted by atomic mass is 10.2. The van der Waals surface area contributed by atoms with Crippen LogP contribution in [0.25, 0.3) is 0 Å². The van der Waals surface area contributed by atoms with Crippen molar-refractivity contribution >= 4 is 11.4 Å². The summed E-state index contributed by atoms with van der Waals surface area (Å²) in [6.07, 6.45) is 2.11. The van der Waals surface area contributed by atoms with E-state index in [1.165, 1.54) is 0 Å². The number of nitrogen functional groups attached to an aromatic ring is 1. The van der Waals surface area contributed by atoms with Gasteiger partial charge in [0.1, 0.15) is 0 Å². The van der Waals surface area contributed by atoms with E-state index < -0.39 is 0 Å². The van der Waals surface area contributed by atoms with E-state index >= 15 is 0 Å². The molecule has 0 aromatic heterocycles. The number of ether oxygens (including phenoxy) is 2. The van der Waals surface area contributed by atoms with Gasteiger partial charge in [-0.05, 0) is 25.0 Å². The number of hydrogen-bond donors (Lipinski definition) is 1. The number of methoxy groups -OCH3 is 1. The van der Waals surface area contributed by atoms with Crippen LogP contribution in [-0.2, 0) is 9.47 Å². The molecular weight excluding hydrogens is 240 g/mol. The first-order chi connectivity index (χ1) is 9.29. The maximum absolute atomic E-state index is 6.03. The van der Waals surface area contributed by atoms with Crippen molar-refractivity contribution in [3.05, 3.63) is 24.3 Å². The highest BCUT2D eigenvalue weighted by atomic mass is 16.5. The zero-order valence-electron chi connectivity index (χ0n) is 12.1. The standard InChI is InChI=1S/C15H26N2O2/c1-3-9-17(10-6-11-19-13-12-18-2)15-8-5-4-7-14(15)16/h4-5,7-8H,3,6,9-13,16H2,1-2H3. The predicted octanol–water partition coefficient (Wildman–Crippen LogP) is 2.54. The molecule has 4 heteroatoms. The number of nitrogens with zero attached hydrogens (tertiary/aromatic N) is 1. The molecule has 2 N–H and O–H groups in total. The lowest BCUT2D eigenvalue weighted by molar-refractivity contribution is 0.0700. The second kappa shape index (κ2) is 9.64. The Balaban J connectivity index is 2.39. The molecular formula is C15H26N2O2. The fourth-order valence-electron chi connectivity index (χ4n) is 2.00. The highest BCUT2D eigenvalue weighted by molar-refractivity contribution is 5.67. The maximum Gasteiger partial charge on any atom is 0.0700 e. The lowest BCUT2D eigenvalue weighted by Crippen LogP contribution is -2.27. The first-order valence-electron chi connectivity index (χ1n) is 6.95. The van der Waals surface area contributed by atoms with Crippen LogP contribution in [0.15, 0.2) is 24.3 Å². The van der Waals surface area contributed by atoms with Gasteiger partial charge in [-0.1, -0.05) is 19.1 Å². The molecule has 0 saturated heterocycles. The first kappa shape index (κ1) is 15.8. The van der Waals surface area contributed by atoms with E-state index in [4.69, 9.17) is 15.2 Å². The van der Waals surface area contributed by atoms with Crippen LogP contribution in [-0.4, -0.2) is 40.0 Å². The van der Waals surface area contributed by atoms with Gasteiger partial charge in [-0.15, -0.1) is 0 Å². The van der Waals surface area contributed by atoms with Crippen LogP contribution in [0.5, 0.6) is 0 Å². The summed E-state index contributed by atoms with van der Waals surface area (Å²) in [6.45, 7) is 6.25. The summed E-state index contributed by atoms with van der Waals surface area (Å²) in [5.74, 6) is 0. The van der Waals surface area contributed by atoms with E-state index in [2.05, 4.69) is 17.9 Å². The van der Waals surface area contributed by atoms with Crippen molar-refractivity contribution in [2.45, 2.75) is 19.8 Å². The molecule has 108 valence electrons. The van der Waals surface area contributed by atoms with Crippen LogP contribution >= 0.6 is 0 Å². The number of rotatable bonds is 10. The fraction of sp³-hybridized carbons (Fsp3) is 0.600. The van der Waals surface area contributed by atoms with E-state index in [0.29, 0.717) is 13.2 Å². The summed E-state index contributed by atoms with van der Waals surface area (Å²) in [4.78, 5) is 2.33. The topological polar surface area (TPSA) is 47.7 Å². The van der Waals surface area contributed by atoms with Crippen molar-refractivity contribution in [3.8, 4) is 0 Å². The van der Waals surface area contributed by atoms with E-state index in [1.807, 2.05) is 18.2 Å². The molecule has 0 fully saturated rings. The van der Waals surface area contributed by atoms with Gasteiger partial charge < -0.3 is 20.1 Å². The lowest BCUT2D eigenvalue weighted by Gasteiger charge is -2.25. The second-order valence-electron chi connectivity index (χ2n) is 4.50. The molecule has 0 aliphatic heterocycles.